The van der Waals surface area contributed by atoms with Crippen LogP contribution in [0.3, 0.4) is 0 Å². The van der Waals surface area contributed by atoms with E-state index < -0.39 is 29.7 Å². The molecule has 10 nitrogen and oxygen atoms in total. The topological polar surface area (TPSA) is 120 Å². The first-order chi connectivity index (χ1) is 21.9. The number of amides is 2. The van der Waals surface area contributed by atoms with Gasteiger partial charge in [0, 0.05) is 12.0 Å². The van der Waals surface area contributed by atoms with Crippen molar-refractivity contribution in [3.8, 4) is 5.88 Å². The molecule has 1 N–H and O–H groups in total. The van der Waals surface area contributed by atoms with Crippen molar-refractivity contribution in [1.82, 2.24) is 20.2 Å². The first kappa shape index (κ1) is 33.9. The average Bonchev–Trinajstić information content (AvgIpc) is 3.62. The van der Waals surface area contributed by atoms with Crippen molar-refractivity contribution in [3.05, 3.63) is 35.5 Å². The van der Waals surface area contributed by atoms with Crippen LogP contribution in [-0.2, 0) is 25.5 Å². The van der Waals surface area contributed by atoms with E-state index >= 15 is 0 Å². The van der Waals surface area contributed by atoms with Crippen LogP contribution in [0, 0.1) is 36.0 Å². The van der Waals surface area contributed by atoms with Gasteiger partial charge in [-0.15, -0.1) is 0 Å². The van der Waals surface area contributed by atoms with Crippen LogP contribution in [0.5, 0.6) is 5.88 Å². The summed E-state index contributed by atoms with van der Waals surface area (Å²) in [7, 11) is 1.58. The summed E-state index contributed by atoms with van der Waals surface area (Å²) in [5.74, 6) is 1.62. The number of carbonyl (C=O) groups excluding carboxylic acids is 3. The van der Waals surface area contributed by atoms with Crippen LogP contribution in [-0.4, -0.2) is 70.6 Å². The molecule has 2 amide bonds. The number of nitrogens with zero attached hydrogens (tertiary/aromatic N) is 3. The molecule has 0 radical (unpaired) electrons. The summed E-state index contributed by atoms with van der Waals surface area (Å²) in [6.45, 7) is 15.2. The predicted octanol–water partition coefficient (Wildman–Crippen LogP) is 5.81. The molecule has 2 aliphatic heterocycles. The van der Waals surface area contributed by atoms with Crippen molar-refractivity contribution >= 4 is 23.9 Å². The number of rotatable bonds is 5. The number of alkyl carbamates (subject to hydrolysis) is 1. The Kier molecular flexibility index (Phi) is 10.1. The second-order valence-electron chi connectivity index (χ2n) is 14.7. The Labute approximate surface area is 273 Å². The molecule has 3 saturated carbocycles. The Morgan fingerprint density at radius 3 is 2.50 bits per heavy atom. The zero-order chi connectivity index (χ0) is 33.3. The van der Waals surface area contributed by atoms with E-state index in [-0.39, 0.29) is 30.3 Å². The SMILES string of the molecule is C=C/C(=C\c1nc2c(nc1C)CCCCC[C@@H]1C3CC(C3)[C@H]1OC(=O)N[C@@H](C(C)(C)C)C(=O)N1C[C@H](O2)[C@@H](CC)[C@H]1C(C)=O)OC. The lowest BCUT2D eigenvalue weighted by Gasteiger charge is -2.35. The fraction of sp³-hybridized carbons (Fsp3) is 0.694. The molecule has 46 heavy (non-hydrogen) atoms. The molecule has 6 rings (SSSR count). The zero-order valence-electron chi connectivity index (χ0n) is 28.6. The number of methoxy groups -OCH3 is 1. The number of allylic oxidation sites excluding steroid dienone is 1. The molecule has 3 aliphatic carbocycles. The average molecular weight is 637 g/mol. The fourth-order valence-corrected chi connectivity index (χ4v) is 8.14. The summed E-state index contributed by atoms with van der Waals surface area (Å²) in [5.41, 5.74) is 1.52. The molecule has 5 aliphatic rings. The Bertz CT molecular complexity index is 1360. The van der Waals surface area contributed by atoms with E-state index in [0.29, 0.717) is 47.9 Å². The summed E-state index contributed by atoms with van der Waals surface area (Å²) in [6, 6.07) is -1.58. The van der Waals surface area contributed by atoms with Gasteiger partial charge >= 0.3 is 6.09 Å². The number of aryl methyl sites for hydroxylation is 2. The van der Waals surface area contributed by atoms with E-state index in [2.05, 4.69) is 11.9 Å². The summed E-state index contributed by atoms with van der Waals surface area (Å²) in [4.78, 5) is 52.5. The van der Waals surface area contributed by atoms with E-state index in [1.807, 2.05) is 34.6 Å². The fourth-order valence-electron chi connectivity index (χ4n) is 8.14. The van der Waals surface area contributed by atoms with Gasteiger partial charge in [0.15, 0.2) is 5.78 Å². The first-order valence-corrected chi connectivity index (χ1v) is 17.1. The molecule has 0 aromatic carbocycles. The summed E-state index contributed by atoms with van der Waals surface area (Å²) in [6.07, 6.45) is 9.73. The van der Waals surface area contributed by atoms with Crippen molar-refractivity contribution in [2.45, 2.75) is 117 Å². The zero-order valence-corrected chi connectivity index (χ0v) is 28.6. The summed E-state index contributed by atoms with van der Waals surface area (Å²) < 4.78 is 18.2. The standard InChI is InChI=1S/C36H52N4O6/c1-9-24(44-8)18-28-20(3)37-27-15-13-11-12-14-26-22-16-23(17-22)31(26)46-35(43)39-32(36(5,6)7)34(42)40-19-29(45-33(27)38-28)25(10-2)30(40)21(4)41/h9,18,22-23,25-26,29-32H,1,10-17,19H2,2-8H3,(H,39,43)/b24-18+/t22?,23?,25-,26-,29+,30-,31-,32-/m1/s1. The third-order valence-electron chi connectivity index (χ3n) is 10.7. The van der Waals surface area contributed by atoms with Gasteiger partial charge < -0.3 is 24.4 Å². The van der Waals surface area contributed by atoms with Crippen LogP contribution < -0.4 is 10.1 Å². The van der Waals surface area contributed by atoms with E-state index in [0.717, 1.165) is 49.9 Å². The van der Waals surface area contributed by atoms with Gasteiger partial charge in [0.1, 0.15) is 29.7 Å². The van der Waals surface area contributed by atoms with Crippen molar-refractivity contribution in [2.24, 2.45) is 29.1 Å². The Balaban J connectivity index is 1.54. The van der Waals surface area contributed by atoms with E-state index in [1.165, 1.54) is 6.92 Å². The number of nitrogens with one attached hydrogen (secondary N) is 1. The summed E-state index contributed by atoms with van der Waals surface area (Å²) >= 11 is 0. The molecule has 4 fully saturated rings. The number of hydrogen-bond donors (Lipinski definition) is 1. The monoisotopic (exact) mass is 636 g/mol. The van der Waals surface area contributed by atoms with Gasteiger partial charge in [0.05, 0.1) is 31.1 Å². The third kappa shape index (κ3) is 6.81. The molecular weight excluding hydrogens is 584 g/mol. The van der Waals surface area contributed by atoms with Crippen LogP contribution in [0.25, 0.3) is 6.08 Å². The molecular formula is C36H52N4O6. The Morgan fingerprint density at radius 1 is 1.13 bits per heavy atom. The van der Waals surface area contributed by atoms with Crippen LogP contribution in [0.1, 0.15) is 96.6 Å². The molecule has 10 heteroatoms. The Hall–Kier alpha value is -3.43. The van der Waals surface area contributed by atoms with Gasteiger partial charge in [-0.05, 0) is 81.6 Å². The van der Waals surface area contributed by atoms with Crippen LogP contribution in [0.2, 0.25) is 0 Å². The highest BCUT2D eigenvalue weighted by molar-refractivity contribution is 5.92. The molecule has 252 valence electrons. The maximum atomic E-state index is 14.4. The van der Waals surface area contributed by atoms with Gasteiger partial charge in [0.25, 0.3) is 0 Å². The summed E-state index contributed by atoms with van der Waals surface area (Å²) in [5, 5.41) is 2.94. The second-order valence-corrected chi connectivity index (χ2v) is 14.7. The van der Waals surface area contributed by atoms with Crippen LogP contribution >= 0.6 is 0 Å². The normalized spacial score (nSPS) is 32.1. The van der Waals surface area contributed by atoms with Crippen molar-refractivity contribution in [1.29, 1.82) is 0 Å². The first-order valence-electron chi connectivity index (χ1n) is 17.1. The lowest BCUT2D eigenvalue weighted by atomic mass is 9.81. The van der Waals surface area contributed by atoms with E-state index in [1.54, 1.807) is 24.2 Å². The van der Waals surface area contributed by atoms with Crippen molar-refractivity contribution in [2.75, 3.05) is 13.7 Å². The van der Waals surface area contributed by atoms with Crippen molar-refractivity contribution < 1.29 is 28.6 Å². The van der Waals surface area contributed by atoms with Crippen LogP contribution in [0.15, 0.2) is 18.4 Å². The second kappa shape index (κ2) is 13.7. The lowest BCUT2D eigenvalue weighted by Crippen LogP contribution is -2.57. The number of ketones is 1. The van der Waals surface area contributed by atoms with Gasteiger partial charge in [-0.1, -0.05) is 47.1 Å². The lowest BCUT2D eigenvalue weighted by molar-refractivity contribution is -0.141. The Morgan fingerprint density at radius 2 is 1.87 bits per heavy atom. The van der Waals surface area contributed by atoms with E-state index in [9.17, 15) is 14.4 Å². The maximum absolute atomic E-state index is 14.4. The van der Waals surface area contributed by atoms with E-state index in [4.69, 9.17) is 24.2 Å². The predicted molar refractivity (Wildman–Crippen MR) is 175 cm³/mol. The highest BCUT2D eigenvalue weighted by atomic mass is 16.6. The smallest absolute Gasteiger partial charge is 0.408 e. The number of aromatic nitrogens is 2. The quantitative estimate of drug-likeness (QED) is 0.318. The molecule has 3 heterocycles. The minimum Gasteiger partial charge on any atom is -0.497 e. The van der Waals surface area contributed by atoms with Gasteiger partial charge in [-0.3, -0.25) is 14.6 Å². The van der Waals surface area contributed by atoms with Gasteiger partial charge in [-0.2, -0.15) is 0 Å². The molecule has 1 aromatic heterocycles. The number of fused-ring (bicyclic) bond motifs is 3. The molecule has 0 spiro atoms. The molecule has 0 unspecified atom stereocenters. The number of ether oxygens (including phenoxy) is 3. The number of Topliss-reactive ketones (excluding diaryl/α,β-unsaturated/α-hetero) is 1. The minimum absolute atomic E-state index is 0.115. The highest BCUT2D eigenvalue weighted by Gasteiger charge is 2.54. The number of hydrogen-bond acceptors (Lipinski definition) is 8. The molecule has 1 saturated heterocycles. The maximum Gasteiger partial charge on any atom is 0.408 e. The molecule has 1 aromatic rings. The van der Waals surface area contributed by atoms with Gasteiger partial charge in [0.2, 0.25) is 11.8 Å². The van der Waals surface area contributed by atoms with Crippen LogP contribution in [0.4, 0.5) is 4.79 Å². The molecule has 6 atom stereocenters. The molecule has 4 bridgehead atoms. The highest BCUT2D eigenvalue weighted by Crippen LogP contribution is 2.55. The van der Waals surface area contributed by atoms with Gasteiger partial charge in [-0.25, -0.2) is 9.78 Å². The largest absolute Gasteiger partial charge is 0.497 e. The third-order valence-corrected chi connectivity index (χ3v) is 10.7. The number of carbonyl (C=O) groups is 3. The van der Waals surface area contributed by atoms with Crippen molar-refractivity contribution in [3.63, 3.8) is 0 Å². The minimum atomic E-state index is -0.885.